The van der Waals surface area contributed by atoms with Gasteiger partial charge in [-0.3, -0.25) is 0 Å². The van der Waals surface area contributed by atoms with Crippen molar-refractivity contribution < 1.29 is 0 Å². The summed E-state index contributed by atoms with van der Waals surface area (Å²) in [6.07, 6.45) is 0. The van der Waals surface area contributed by atoms with Gasteiger partial charge in [0.05, 0.1) is 0 Å². The first-order chi connectivity index (χ1) is 6.85. The van der Waals surface area contributed by atoms with Crippen molar-refractivity contribution in [3.8, 4) is 0 Å². The van der Waals surface area contributed by atoms with Crippen LogP contribution in [0, 0.1) is 0 Å². The van der Waals surface area contributed by atoms with Gasteiger partial charge in [-0.25, -0.2) is 0 Å². The van der Waals surface area contributed by atoms with Gasteiger partial charge in [0, 0.05) is 13.4 Å². The minimum absolute atomic E-state index is 0.113. The zero-order chi connectivity index (χ0) is 12.9. The van der Waals surface area contributed by atoms with E-state index in [1.807, 2.05) is 0 Å². The summed E-state index contributed by atoms with van der Waals surface area (Å²) in [5, 5.41) is 0.404. The molecule has 1 fully saturated rings. The molecule has 94 valence electrons. The molecule has 0 aromatic heterocycles. The lowest BCUT2D eigenvalue weighted by molar-refractivity contribution is 0.256. The van der Waals surface area contributed by atoms with E-state index in [1.165, 1.54) is 0 Å². The van der Waals surface area contributed by atoms with E-state index in [0.29, 0.717) is 16.2 Å². The Balaban J connectivity index is 2.92. The topological polar surface area (TPSA) is 6.48 Å². The molecule has 2 nitrogen and oxygen atoms in total. The van der Waals surface area contributed by atoms with Crippen LogP contribution < -0.4 is 0 Å². The Labute approximate surface area is 110 Å². The molecule has 0 N–H and O–H groups in total. The van der Waals surface area contributed by atoms with E-state index in [1.54, 1.807) is 0 Å². The molecule has 1 rings (SSSR count). The second kappa shape index (κ2) is 4.22. The standard InChI is InChI=1S/C12H27N2P.Al.H/c1-10(2,3)13-15(12(7,8)9)14-11(4,5)6;;/h1-9H3;;/q-2;+2;. The van der Waals surface area contributed by atoms with E-state index in [2.05, 4.69) is 69.6 Å². The summed E-state index contributed by atoms with van der Waals surface area (Å²) < 4.78 is 5.63. The quantitative estimate of drug-likeness (QED) is 0.484. The summed E-state index contributed by atoms with van der Waals surface area (Å²) in [7, 11) is -0.113. The molecule has 1 aliphatic heterocycles. The molecule has 1 aliphatic rings. The maximum absolute atomic E-state index is 2.81. The van der Waals surface area contributed by atoms with Crippen LogP contribution in [-0.4, -0.2) is 39.2 Å². The van der Waals surface area contributed by atoms with Crippen LogP contribution in [0.1, 0.15) is 62.3 Å². The van der Waals surface area contributed by atoms with Crippen molar-refractivity contribution in [2.75, 3.05) is 0 Å². The van der Waals surface area contributed by atoms with Crippen LogP contribution in [-0.2, 0) is 0 Å². The highest BCUT2D eigenvalue weighted by Gasteiger charge is 2.52. The first-order valence-electron chi connectivity index (χ1n) is 6.20. The molecule has 4 heteroatoms. The van der Waals surface area contributed by atoms with Gasteiger partial charge in [-0.05, 0) is 52.6 Å². The molecule has 0 aromatic carbocycles. The fourth-order valence-corrected chi connectivity index (χ4v) is 10.1. The van der Waals surface area contributed by atoms with Crippen LogP contribution in [0.2, 0.25) is 0 Å². The highest BCUT2D eigenvalue weighted by atomic mass is 31.1. The number of hydrogen-bond donors (Lipinski definition) is 0. The Morgan fingerprint density at radius 1 is 0.688 bits per heavy atom. The summed E-state index contributed by atoms with van der Waals surface area (Å²) in [5.41, 5.74) is 0.708. The summed E-state index contributed by atoms with van der Waals surface area (Å²) in [5.74, 6) is 0. The van der Waals surface area contributed by atoms with E-state index >= 15 is 0 Å². The lowest BCUT2D eigenvalue weighted by atomic mass is 10.1. The molecule has 0 atom stereocenters. The Morgan fingerprint density at radius 2 is 1.00 bits per heavy atom. The fourth-order valence-electron chi connectivity index (χ4n) is 2.03. The fraction of sp³-hybridized carbons (Fsp3) is 1.00. The zero-order valence-electron chi connectivity index (χ0n) is 12.5. The van der Waals surface area contributed by atoms with Crippen LogP contribution in [0.4, 0.5) is 0 Å². The molecule has 0 saturated carbocycles. The second-order valence-corrected chi connectivity index (χ2v) is 13.2. The first-order valence-corrected chi connectivity index (χ1v) is 8.72. The van der Waals surface area contributed by atoms with Crippen molar-refractivity contribution in [2.45, 2.75) is 78.5 Å². The maximum atomic E-state index is 2.81. The van der Waals surface area contributed by atoms with Gasteiger partial charge in [0.25, 0.3) is 0 Å². The molecule has 0 spiro atoms. The number of rotatable bonds is 0. The van der Waals surface area contributed by atoms with Gasteiger partial charge in [-0.1, -0.05) is 20.8 Å². The van der Waals surface area contributed by atoms with Crippen molar-refractivity contribution in [3.05, 3.63) is 0 Å². The Hall–Kier alpha value is 0.882. The molecule has 0 unspecified atom stereocenters. The number of nitrogens with zero attached hydrogens (tertiary/aromatic N) is 2. The van der Waals surface area contributed by atoms with Crippen LogP contribution in [0.25, 0.3) is 0 Å². The predicted octanol–water partition coefficient (Wildman–Crippen LogP) is 3.58. The predicted molar refractivity (Wildman–Crippen MR) is 77.0 cm³/mol. The Bertz CT molecular complexity index is 240. The van der Waals surface area contributed by atoms with E-state index in [0.717, 1.165) is 0 Å². The van der Waals surface area contributed by atoms with Crippen molar-refractivity contribution in [1.82, 2.24) is 7.31 Å². The van der Waals surface area contributed by atoms with E-state index in [-0.39, 0.29) is 23.9 Å². The third-order valence-corrected chi connectivity index (χ3v) is 11.0. The highest BCUT2D eigenvalue weighted by Crippen LogP contribution is 2.65. The monoisotopic (exact) mass is 258 g/mol. The molecule has 0 radical (unpaired) electrons. The van der Waals surface area contributed by atoms with Gasteiger partial charge in [0.15, 0.2) is 0 Å². The van der Waals surface area contributed by atoms with Crippen LogP contribution in [0.3, 0.4) is 0 Å². The SMILES string of the molecule is CC(C)(C)[N]1[AlH][N](C(C)(C)C)P1C(C)(C)C. The van der Waals surface area contributed by atoms with Crippen LogP contribution in [0.15, 0.2) is 0 Å². The second-order valence-electron chi connectivity index (χ2n) is 7.74. The van der Waals surface area contributed by atoms with Gasteiger partial charge in [0.1, 0.15) is 0 Å². The van der Waals surface area contributed by atoms with Crippen molar-refractivity contribution in [1.29, 1.82) is 0 Å². The largest absolute Gasteiger partial charge is 0.473 e. The molecule has 16 heavy (non-hydrogen) atoms. The van der Waals surface area contributed by atoms with Crippen LogP contribution >= 0.6 is 8.22 Å². The minimum Gasteiger partial charge on any atom is -0.336 e. The minimum atomic E-state index is -0.207. The number of hydrogen-bond acceptors (Lipinski definition) is 2. The maximum Gasteiger partial charge on any atom is 0.473 e. The molecule has 0 aromatic rings. The van der Waals surface area contributed by atoms with Crippen molar-refractivity contribution >= 4 is 23.9 Å². The molecule has 0 aliphatic carbocycles. The highest BCUT2D eigenvalue weighted by molar-refractivity contribution is 7.60. The average molecular weight is 258 g/mol. The van der Waals surface area contributed by atoms with E-state index in [4.69, 9.17) is 0 Å². The first kappa shape index (κ1) is 14.9. The Morgan fingerprint density at radius 3 is 1.19 bits per heavy atom. The molecule has 0 bridgehead atoms. The summed E-state index contributed by atoms with van der Waals surface area (Å²) in [6, 6.07) is 0. The van der Waals surface area contributed by atoms with Gasteiger partial charge >= 0.3 is 15.7 Å². The summed E-state index contributed by atoms with van der Waals surface area (Å²) in [6.45, 7) is 21.4. The van der Waals surface area contributed by atoms with Crippen molar-refractivity contribution in [2.24, 2.45) is 0 Å². The van der Waals surface area contributed by atoms with Gasteiger partial charge in [0.2, 0.25) is 0 Å². The average Bonchev–Trinajstić information content (AvgIpc) is 1.68. The van der Waals surface area contributed by atoms with E-state index in [9.17, 15) is 0 Å². The van der Waals surface area contributed by atoms with Gasteiger partial charge < -0.3 is 7.31 Å². The van der Waals surface area contributed by atoms with Crippen LogP contribution in [0.5, 0.6) is 0 Å². The summed E-state index contributed by atoms with van der Waals surface area (Å²) >= 11 is -0.207. The molecule has 0 amide bonds. The van der Waals surface area contributed by atoms with E-state index < -0.39 is 0 Å². The molecule has 1 saturated heterocycles. The third-order valence-electron chi connectivity index (χ3n) is 2.87. The van der Waals surface area contributed by atoms with Crippen molar-refractivity contribution in [3.63, 3.8) is 0 Å². The summed E-state index contributed by atoms with van der Waals surface area (Å²) in [4.78, 5) is 0. The molecular weight excluding hydrogens is 230 g/mol. The molecular formula is C12H28AlN2P. The molecule has 1 heterocycles. The zero-order valence-corrected chi connectivity index (χ0v) is 14.9. The lowest BCUT2D eigenvalue weighted by Gasteiger charge is -2.65. The smallest absolute Gasteiger partial charge is 0.336 e. The normalized spacial score (nSPS) is 21.8. The van der Waals surface area contributed by atoms with Gasteiger partial charge in [-0.15, -0.1) is 0 Å². The third kappa shape index (κ3) is 3.01. The Kier molecular flexibility index (Phi) is 3.94. The van der Waals surface area contributed by atoms with Gasteiger partial charge in [-0.2, -0.15) is 0 Å². The lowest BCUT2D eigenvalue weighted by Crippen LogP contribution is -2.65.